The predicted octanol–water partition coefficient (Wildman–Crippen LogP) is 2.45. The number of hydrogen-bond donors (Lipinski definition) is 2. The second-order valence-corrected chi connectivity index (χ2v) is 7.11. The maximum Gasteiger partial charge on any atom is 0.257 e. The topological polar surface area (TPSA) is 60.8 Å². The Morgan fingerprint density at radius 3 is 2.84 bits per heavy atom. The Morgan fingerprint density at radius 1 is 1.42 bits per heavy atom. The number of phenolic OH excluding ortho intramolecular Hbond substituents is 1. The summed E-state index contributed by atoms with van der Waals surface area (Å²) in [5.74, 6) is 0.323. The fourth-order valence-electron chi connectivity index (χ4n) is 2.33. The molecule has 1 saturated heterocycles. The summed E-state index contributed by atoms with van der Waals surface area (Å²) in [6.07, 6.45) is 1.66. The Bertz CT molecular complexity index is 493. The molecule has 1 aromatic rings. The summed E-state index contributed by atoms with van der Waals surface area (Å²) in [5, 5.41) is 19.0. The molecule has 1 amide bonds. The summed E-state index contributed by atoms with van der Waals surface area (Å²) in [4.78, 5) is 14.2. The summed E-state index contributed by atoms with van der Waals surface area (Å²) >= 11 is 4.17. The number of aromatic hydroxyl groups is 1. The lowest BCUT2D eigenvalue weighted by atomic mass is 10.1. The number of halogens is 2. The highest BCUT2D eigenvalue weighted by Crippen LogP contribution is 2.30. The zero-order valence-corrected chi connectivity index (χ0v) is 14.6. The van der Waals surface area contributed by atoms with E-state index >= 15 is 0 Å². The highest BCUT2D eigenvalue weighted by atomic mass is 127. The number of amides is 1. The van der Waals surface area contributed by atoms with E-state index in [1.54, 1.807) is 11.0 Å². The van der Waals surface area contributed by atoms with E-state index in [0.29, 0.717) is 28.1 Å². The molecular formula is C13H15I2NO3. The van der Waals surface area contributed by atoms with Gasteiger partial charge in [0.15, 0.2) is 0 Å². The molecule has 4 nitrogen and oxygen atoms in total. The van der Waals surface area contributed by atoms with Crippen LogP contribution in [0.5, 0.6) is 5.75 Å². The molecule has 1 heterocycles. The van der Waals surface area contributed by atoms with Gasteiger partial charge in [-0.25, -0.2) is 0 Å². The zero-order chi connectivity index (χ0) is 14.0. The van der Waals surface area contributed by atoms with Gasteiger partial charge in [0.25, 0.3) is 5.91 Å². The van der Waals surface area contributed by atoms with Crippen LogP contribution >= 0.6 is 45.2 Å². The summed E-state index contributed by atoms with van der Waals surface area (Å²) in [6.45, 7) is 1.53. The maximum absolute atomic E-state index is 12.4. The van der Waals surface area contributed by atoms with E-state index in [0.717, 1.165) is 16.4 Å². The van der Waals surface area contributed by atoms with Gasteiger partial charge < -0.3 is 15.1 Å². The summed E-state index contributed by atoms with van der Waals surface area (Å²) in [5.41, 5.74) is 0.376. The lowest BCUT2D eigenvalue weighted by molar-refractivity contribution is 0.0781. The van der Waals surface area contributed by atoms with Crippen molar-refractivity contribution >= 4 is 51.1 Å². The zero-order valence-electron chi connectivity index (χ0n) is 10.3. The average molecular weight is 487 g/mol. The molecule has 1 fully saturated rings. The molecule has 0 aromatic heterocycles. The molecule has 1 aromatic carbocycles. The maximum atomic E-state index is 12.4. The monoisotopic (exact) mass is 487 g/mol. The largest absolute Gasteiger partial charge is 0.506 e. The molecule has 1 aliphatic rings. The normalized spacial score (nSPS) is 18.9. The predicted molar refractivity (Wildman–Crippen MR) is 89.3 cm³/mol. The molecule has 0 spiro atoms. The number of carbonyl (C=O) groups excluding carboxylic acids is 1. The number of benzene rings is 1. The van der Waals surface area contributed by atoms with E-state index in [2.05, 4.69) is 22.6 Å². The van der Waals surface area contributed by atoms with Gasteiger partial charge in [-0.15, -0.1) is 0 Å². The summed E-state index contributed by atoms with van der Waals surface area (Å²) in [7, 11) is 0. The van der Waals surface area contributed by atoms with Gasteiger partial charge in [-0.2, -0.15) is 0 Å². The van der Waals surface area contributed by atoms with Crippen LogP contribution in [0.2, 0.25) is 0 Å². The highest BCUT2D eigenvalue weighted by molar-refractivity contribution is 14.1. The first-order chi connectivity index (χ1) is 9.02. The van der Waals surface area contributed by atoms with Crippen LogP contribution in [0.3, 0.4) is 0 Å². The third kappa shape index (κ3) is 3.52. The van der Waals surface area contributed by atoms with Crippen molar-refractivity contribution in [1.29, 1.82) is 0 Å². The van der Waals surface area contributed by atoms with Crippen LogP contribution in [0.4, 0.5) is 0 Å². The third-order valence-electron chi connectivity index (χ3n) is 3.37. The molecule has 19 heavy (non-hydrogen) atoms. The van der Waals surface area contributed by atoms with Gasteiger partial charge in [-0.05, 0) is 76.1 Å². The molecule has 1 atom stereocenters. The molecule has 2 N–H and O–H groups in total. The molecule has 0 bridgehead atoms. The minimum atomic E-state index is -0.116. The van der Waals surface area contributed by atoms with Gasteiger partial charge in [-0.1, -0.05) is 0 Å². The van der Waals surface area contributed by atoms with Crippen LogP contribution in [0.1, 0.15) is 23.2 Å². The molecule has 0 saturated carbocycles. The van der Waals surface area contributed by atoms with Gasteiger partial charge in [0.05, 0.1) is 9.13 Å². The third-order valence-corrected chi connectivity index (χ3v) is 4.81. The molecule has 104 valence electrons. The minimum Gasteiger partial charge on any atom is -0.506 e. The summed E-state index contributed by atoms with van der Waals surface area (Å²) in [6, 6.07) is 3.56. The second-order valence-electron chi connectivity index (χ2n) is 4.70. The molecule has 2 rings (SSSR count). The first kappa shape index (κ1) is 15.3. The molecule has 1 aliphatic heterocycles. The van der Waals surface area contributed by atoms with Gasteiger partial charge in [-0.3, -0.25) is 4.79 Å². The van der Waals surface area contributed by atoms with E-state index in [9.17, 15) is 9.90 Å². The Kier molecular flexibility index (Phi) is 5.29. The van der Waals surface area contributed by atoms with E-state index in [4.69, 9.17) is 5.11 Å². The van der Waals surface area contributed by atoms with Crippen molar-refractivity contribution in [2.75, 3.05) is 19.7 Å². The van der Waals surface area contributed by atoms with Crippen molar-refractivity contribution in [2.24, 2.45) is 5.92 Å². The Labute approximate surface area is 139 Å². The fraction of sp³-hybridized carbons (Fsp3) is 0.462. The van der Waals surface area contributed by atoms with E-state index < -0.39 is 0 Å². The quantitative estimate of drug-likeness (QED) is 0.645. The van der Waals surface area contributed by atoms with Gasteiger partial charge in [0.2, 0.25) is 0 Å². The molecule has 0 aliphatic carbocycles. The van der Waals surface area contributed by atoms with E-state index in [1.165, 1.54) is 0 Å². The SMILES string of the molecule is O=C(c1cc(I)cc(I)c1O)N1CCC(CCO)C1. The van der Waals surface area contributed by atoms with Crippen LogP contribution in [-0.2, 0) is 0 Å². The first-order valence-corrected chi connectivity index (χ1v) is 8.26. The second kappa shape index (κ2) is 6.57. The number of aliphatic hydroxyl groups is 1. The Balaban J connectivity index is 2.17. The highest BCUT2D eigenvalue weighted by Gasteiger charge is 2.28. The van der Waals surface area contributed by atoms with Crippen molar-refractivity contribution in [3.05, 3.63) is 24.8 Å². The number of aliphatic hydroxyl groups excluding tert-OH is 1. The lowest BCUT2D eigenvalue weighted by Gasteiger charge is -2.18. The number of rotatable bonds is 3. The Hall–Kier alpha value is -0.0900. The van der Waals surface area contributed by atoms with E-state index in [-0.39, 0.29) is 18.3 Å². The van der Waals surface area contributed by atoms with Crippen LogP contribution in [0.25, 0.3) is 0 Å². The molecule has 0 radical (unpaired) electrons. The smallest absolute Gasteiger partial charge is 0.257 e. The van der Waals surface area contributed by atoms with Crippen molar-refractivity contribution in [2.45, 2.75) is 12.8 Å². The van der Waals surface area contributed by atoms with Gasteiger partial charge >= 0.3 is 0 Å². The first-order valence-electron chi connectivity index (χ1n) is 6.11. The number of carbonyl (C=O) groups is 1. The average Bonchev–Trinajstić information content (AvgIpc) is 2.82. The van der Waals surface area contributed by atoms with Crippen LogP contribution in [-0.4, -0.2) is 40.7 Å². The van der Waals surface area contributed by atoms with Crippen LogP contribution in [0.15, 0.2) is 12.1 Å². The van der Waals surface area contributed by atoms with Gasteiger partial charge in [0.1, 0.15) is 5.75 Å². The number of likely N-dealkylation sites (tertiary alicyclic amines) is 1. The number of nitrogens with zero attached hydrogens (tertiary/aromatic N) is 1. The van der Waals surface area contributed by atoms with Crippen molar-refractivity contribution in [1.82, 2.24) is 4.90 Å². The standard InChI is InChI=1S/C13H15I2NO3/c14-9-5-10(12(18)11(15)6-9)13(19)16-3-1-8(7-16)2-4-17/h5-6,8,17-18H,1-4,7H2. The minimum absolute atomic E-state index is 0.0663. The van der Waals surface area contributed by atoms with Crippen molar-refractivity contribution in [3.63, 3.8) is 0 Å². The molecular weight excluding hydrogens is 472 g/mol. The Morgan fingerprint density at radius 2 is 2.16 bits per heavy atom. The summed E-state index contributed by atoms with van der Waals surface area (Å²) < 4.78 is 1.63. The van der Waals surface area contributed by atoms with Gasteiger partial charge in [0, 0.05) is 23.3 Å². The van der Waals surface area contributed by atoms with Crippen LogP contribution in [0, 0.1) is 13.1 Å². The molecule has 1 unspecified atom stereocenters. The molecule has 6 heteroatoms. The van der Waals surface area contributed by atoms with Crippen molar-refractivity contribution < 1.29 is 15.0 Å². The number of hydrogen-bond acceptors (Lipinski definition) is 3. The van der Waals surface area contributed by atoms with Crippen LogP contribution < -0.4 is 0 Å². The number of phenols is 1. The van der Waals surface area contributed by atoms with Crippen molar-refractivity contribution in [3.8, 4) is 5.75 Å². The lowest BCUT2D eigenvalue weighted by Crippen LogP contribution is -2.29. The fourth-order valence-corrected chi connectivity index (χ4v) is 4.18. The van der Waals surface area contributed by atoms with E-state index in [1.807, 2.05) is 28.7 Å².